The van der Waals surface area contributed by atoms with Gasteiger partial charge in [0.1, 0.15) is 12.1 Å². The maximum Gasteiger partial charge on any atom is 0.318 e. The first kappa shape index (κ1) is 26.9. The van der Waals surface area contributed by atoms with E-state index < -0.39 is 5.54 Å². The lowest BCUT2D eigenvalue weighted by Gasteiger charge is -2.30. The van der Waals surface area contributed by atoms with Gasteiger partial charge in [-0.25, -0.2) is 4.79 Å². The standard InChI is InChI=1S/C28H35N3O5/c1-20-11-12-24-23(15-20)26(33)22(19-36-24)17-31(16-21-9-7-6-8-10-21)25(32)18-30(13-14-35-5)27(34)29-28(2,3)4/h6-12,15,19H,13-14,16-18H2,1-5H3,(H,29,34). The summed E-state index contributed by atoms with van der Waals surface area (Å²) < 4.78 is 10.9. The molecular weight excluding hydrogens is 458 g/mol. The summed E-state index contributed by atoms with van der Waals surface area (Å²) in [6, 6.07) is 14.6. The maximum absolute atomic E-state index is 13.6. The number of hydrogen-bond acceptors (Lipinski definition) is 5. The van der Waals surface area contributed by atoms with E-state index in [9.17, 15) is 14.4 Å². The van der Waals surface area contributed by atoms with Gasteiger partial charge in [0.05, 0.1) is 30.4 Å². The SMILES string of the molecule is COCCN(CC(=O)N(Cc1ccccc1)Cc1coc2ccc(C)cc2c1=O)C(=O)NC(C)(C)C. The third-order valence-corrected chi connectivity index (χ3v) is 5.59. The smallest absolute Gasteiger partial charge is 0.318 e. The lowest BCUT2D eigenvalue weighted by atomic mass is 10.1. The number of benzene rings is 2. The highest BCUT2D eigenvalue weighted by Gasteiger charge is 2.25. The zero-order valence-electron chi connectivity index (χ0n) is 21.7. The summed E-state index contributed by atoms with van der Waals surface area (Å²) in [5, 5.41) is 3.38. The number of rotatable bonds is 9. The van der Waals surface area contributed by atoms with E-state index in [1.165, 1.54) is 11.2 Å². The van der Waals surface area contributed by atoms with Crippen molar-refractivity contribution in [2.45, 2.75) is 46.3 Å². The fourth-order valence-corrected chi connectivity index (χ4v) is 3.75. The van der Waals surface area contributed by atoms with E-state index in [4.69, 9.17) is 9.15 Å². The second-order valence-electron chi connectivity index (χ2n) is 9.92. The second kappa shape index (κ2) is 11.9. The van der Waals surface area contributed by atoms with Gasteiger partial charge in [0.25, 0.3) is 0 Å². The Balaban J connectivity index is 1.90. The largest absolute Gasteiger partial charge is 0.464 e. The molecule has 0 aliphatic rings. The van der Waals surface area contributed by atoms with Crippen molar-refractivity contribution in [1.29, 1.82) is 0 Å². The van der Waals surface area contributed by atoms with Crippen LogP contribution >= 0.6 is 0 Å². The summed E-state index contributed by atoms with van der Waals surface area (Å²) in [5.41, 5.74) is 2.10. The van der Waals surface area contributed by atoms with Crippen LogP contribution in [0.5, 0.6) is 0 Å². The predicted molar refractivity (Wildman–Crippen MR) is 140 cm³/mol. The van der Waals surface area contributed by atoms with Crippen LogP contribution in [0.1, 0.15) is 37.5 Å². The van der Waals surface area contributed by atoms with Crippen molar-refractivity contribution >= 4 is 22.9 Å². The molecule has 1 aromatic heterocycles. The highest BCUT2D eigenvalue weighted by molar-refractivity contribution is 5.84. The van der Waals surface area contributed by atoms with Crippen molar-refractivity contribution in [2.24, 2.45) is 0 Å². The third kappa shape index (κ3) is 7.42. The molecule has 0 atom stereocenters. The van der Waals surface area contributed by atoms with Gasteiger partial charge in [0.2, 0.25) is 5.91 Å². The number of amides is 3. The van der Waals surface area contributed by atoms with E-state index in [2.05, 4.69) is 5.32 Å². The van der Waals surface area contributed by atoms with E-state index in [1.807, 2.05) is 64.1 Å². The minimum atomic E-state index is -0.461. The molecule has 192 valence electrons. The quantitative estimate of drug-likeness (QED) is 0.485. The number of hydrogen-bond donors (Lipinski definition) is 1. The summed E-state index contributed by atoms with van der Waals surface area (Å²) >= 11 is 0. The van der Waals surface area contributed by atoms with Crippen LogP contribution < -0.4 is 10.7 Å². The summed E-state index contributed by atoms with van der Waals surface area (Å²) in [6.45, 7) is 8.27. The molecule has 1 heterocycles. The first-order chi connectivity index (χ1) is 17.1. The average Bonchev–Trinajstić information content (AvgIpc) is 2.82. The summed E-state index contributed by atoms with van der Waals surface area (Å²) in [5.74, 6) is -0.289. The number of aryl methyl sites for hydroxylation is 1. The molecule has 0 spiro atoms. The van der Waals surface area contributed by atoms with Crippen molar-refractivity contribution in [3.05, 3.63) is 81.7 Å². The molecule has 36 heavy (non-hydrogen) atoms. The molecule has 8 nitrogen and oxygen atoms in total. The Morgan fingerprint density at radius 2 is 1.75 bits per heavy atom. The summed E-state index contributed by atoms with van der Waals surface area (Å²) in [4.78, 5) is 42.7. The molecule has 8 heteroatoms. The molecule has 0 fully saturated rings. The average molecular weight is 494 g/mol. The van der Waals surface area contributed by atoms with Crippen LogP contribution in [0.3, 0.4) is 0 Å². The molecule has 0 radical (unpaired) electrons. The van der Waals surface area contributed by atoms with Crippen molar-refractivity contribution in [3.8, 4) is 0 Å². The van der Waals surface area contributed by atoms with Gasteiger partial charge < -0.3 is 24.3 Å². The molecule has 0 unspecified atom stereocenters. The first-order valence-corrected chi connectivity index (χ1v) is 12.0. The predicted octanol–water partition coefficient (Wildman–Crippen LogP) is 4.09. The van der Waals surface area contributed by atoms with Crippen LogP contribution in [0.4, 0.5) is 4.79 Å². The molecule has 0 bridgehead atoms. The Labute approximate surface area is 211 Å². The first-order valence-electron chi connectivity index (χ1n) is 12.0. The van der Waals surface area contributed by atoms with Crippen molar-refractivity contribution in [1.82, 2.24) is 15.1 Å². The van der Waals surface area contributed by atoms with Gasteiger partial charge >= 0.3 is 6.03 Å². The zero-order valence-corrected chi connectivity index (χ0v) is 21.7. The Bertz CT molecular complexity index is 1250. The molecule has 2 aromatic carbocycles. The molecule has 0 aliphatic carbocycles. The van der Waals surface area contributed by atoms with E-state index in [0.717, 1.165) is 11.1 Å². The second-order valence-corrected chi connectivity index (χ2v) is 9.92. The number of fused-ring (bicyclic) bond motifs is 1. The minimum Gasteiger partial charge on any atom is -0.464 e. The topological polar surface area (TPSA) is 92.1 Å². The Hall–Kier alpha value is -3.65. The molecule has 3 aromatic rings. The number of nitrogens with zero attached hydrogens (tertiary/aromatic N) is 2. The van der Waals surface area contributed by atoms with Gasteiger partial charge in [0.15, 0.2) is 5.43 Å². The molecule has 0 aliphatic heterocycles. The normalized spacial score (nSPS) is 11.4. The monoisotopic (exact) mass is 493 g/mol. The van der Waals surface area contributed by atoms with Crippen LogP contribution in [0, 0.1) is 6.92 Å². The van der Waals surface area contributed by atoms with Gasteiger partial charge in [-0.3, -0.25) is 9.59 Å². The van der Waals surface area contributed by atoms with Crippen LogP contribution in [0.2, 0.25) is 0 Å². The van der Waals surface area contributed by atoms with Gasteiger partial charge in [-0.15, -0.1) is 0 Å². The van der Waals surface area contributed by atoms with Gasteiger partial charge in [-0.1, -0.05) is 42.0 Å². The fraction of sp³-hybridized carbons (Fsp3) is 0.393. The molecule has 1 N–H and O–H groups in total. The number of methoxy groups -OCH3 is 1. The molecular formula is C28H35N3O5. The van der Waals surface area contributed by atoms with E-state index >= 15 is 0 Å². The van der Waals surface area contributed by atoms with Gasteiger partial charge in [0, 0.05) is 25.7 Å². The Morgan fingerprint density at radius 3 is 2.42 bits per heavy atom. The van der Waals surface area contributed by atoms with Crippen LogP contribution in [0.15, 0.2) is 64.0 Å². The van der Waals surface area contributed by atoms with E-state index in [1.54, 1.807) is 24.1 Å². The van der Waals surface area contributed by atoms with Gasteiger partial charge in [-0.05, 0) is 45.4 Å². The highest BCUT2D eigenvalue weighted by atomic mass is 16.5. The van der Waals surface area contributed by atoms with Crippen LogP contribution in [0.25, 0.3) is 11.0 Å². The Kier molecular flexibility index (Phi) is 8.88. The Morgan fingerprint density at radius 1 is 1.03 bits per heavy atom. The zero-order chi connectivity index (χ0) is 26.3. The highest BCUT2D eigenvalue weighted by Crippen LogP contribution is 2.16. The minimum absolute atomic E-state index is 0.0545. The molecule has 3 amide bonds. The van der Waals surface area contributed by atoms with Crippen molar-refractivity contribution in [2.75, 3.05) is 26.8 Å². The number of carbonyl (C=O) groups excluding carboxylic acids is 2. The van der Waals surface area contributed by atoms with E-state index in [-0.39, 0.29) is 50.2 Å². The third-order valence-electron chi connectivity index (χ3n) is 5.59. The van der Waals surface area contributed by atoms with Crippen molar-refractivity contribution < 1.29 is 18.7 Å². The van der Waals surface area contributed by atoms with Crippen LogP contribution in [-0.4, -0.2) is 54.1 Å². The summed E-state index contributed by atoms with van der Waals surface area (Å²) in [6.07, 6.45) is 1.42. The maximum atomic E-state index is 13.6. The number of carbonyl (C=O) groups is 2. The number of urea groups is 1. The lowest BCUT2D eigenvalue weighted by molar-refractivity contribution is -0.133. The van der Waals surface area contributed by atoms with Crippen molar-refractivity contribution in [3.63, 3.8) is 0 Å². The van der Waals surface area contributed by atoms with E-state index in [0.29, 0.717) is 16.5 Å². The molecule has 3 rings (SSSR count). The fourth-order valence-electron chi connectivity index (χ4n) is 3.75. The van der Waals surface area contributed by atoms with Crippen LogP contribution in [-0.2, 0) is 22.6 Å². The number of nitrogens with one attached hydrogen (secondary N) is 1. The van der Waals surface area contributed by atoms with Gasteiger partial charge in [-0.2, -0.15) is 0 Å². The summed E-state index contributed by atoms with van der Waals surface area (Å²) in [7, 11) is 1.55. The lowest BCUT2D eigenvalue weighted by Crippen LogP contribution is -2.52. The number of ether oxygens (including phenoxy) is 1. The molecule has 0 saturated heterocycles. The molecule has 0 saturated carbocycles.